The fourth-order valence-electron chi connectivity index (χ4n) is 14.4. The summed E-state index contributed by atoms with van der Waals surface area (Å²) in [5.41, 5.74) is 16.8. The predicted molar refractivity (Wildman–Crippen MR) is 370 cm³/mol. The summed E-state index contributed by atoms with van der Waals surface area (Å²) in [5, 5.41) is 4.26. The van der Waals surface area contributed by atoms with Crippen molar-refractivity contribution in [1.29, 1.82) is 0 Å². The number of hydrogen-bond donors (Lipinski definition) is 0. The summed E-state index contributed by atoms with van der Waals surface area (Å²) < 4.78 is 113. The normalized spacial score (nSPS) is 15.1. The fraction of sp³-hybridized carbons (Fsp3) is 0.0488. The van der Waals surface area contributed by atoms with Crippen molar-refractivity contribution in [2.45, 2.75) is 27.4 Å². The molecule has 0 saturated heterocycles. The molecule has 410 valence electrons. The molecule has 2 aliphatic heterocycles. The Bertz CT molecular complexity index is 5380. The minimum atomic E-state index is -2.73. The van der Waals surface area contributed by atoms with Crippen LogP contribution in [0.2, 0.25) is 0 Å². The Morgan fingerprint density at radius 2 is 0.644 bits per heavy atom. The fourth-order valence-corrected chi connectivity index (χ4v) is 14.4. The molecule has 0 N–H and O–H groups in total. The summed E-state index contributed by atoms with van der Waals surface area (Å²) in [7, 11) is 0. The van der Waals surface area contributed by atoms with Crippen LogP contribution in [-0.2, 0) is 0 Å². The topological polar surface area (TPSA) is 16.3 Å². The Hall–Kier alpha value is -10.9. The summed E-state index contributed by atoms with van der Waals surface area (Å²) >= 11 is 0. The highest BCUT2D eigenvalue weighted by Crippen LogP contribution is 2.50. The van der Waals surface area contributed by atoms with Gasteiger partial charge in [-0.3, -0.25) is 0 Å². The highest BCUT2D eigenvalue weighted by Gasteiger charge is 2.45. The van der Waals surface area contributed by atoms with Crippen LogP contribution in [0.25, 0.3) is 99.5 Å². The van der Waals surface area contributed by atoms with Crippen LogP contribution in [0.4, 0.5) is 34.1 Å². The average molecular weight is 1120 g/mol. The van der Waals surface area contributed by atoms with Crippen molar-refractivity contribution >= 4 is 101 Å². The van der Waals surface area contributed by atoms with Crippen molar-refractivity contribution in [1.82, 2.24) is 9.13 Å². The Labute approximate surface area is 524 Å². The molecule has 0 atom stereocenters. The minimum Gasteiger partial charge on any atom is -0.311 e. The lowest BCUT2D eigenvalue weighted by atomic mass is 9.33. The standard InChI is InChI=1S/C82H59BN4/c1-52-24-19-25-53(2)78(52)66-34-13-17-42-72(66)86-74-48-46-58(84-70-40-15-11-32-62(70)64-38-21-36-60(81(64)84)56-28-7-5-8-29-56)50-68(74)83-69-51-59(85-71-41-16-12-33-63(71)65-39-22-37-61(82(65)85)57-30-9-6-10-31-57)47-49-75(69)87(77-45-23-44-76(86)80(77)83)73-43-18-14-35-67(73)79-54(3)26-20-27-55(79)4/h5-51H,1-4H3/i1D3,2D3,3D3,4D3. The zero-order valence-electron chi connectivity index (χ0n) is 59.0. The second kappa shape index (κ2) is 19.9. The van der Waals surface area contributed by atoms with E-state index in [1.165, 1.54) is 36.4 Å². The first-order valence-corrected chi connectivity index (χ1v) is 29.4. The van der Waals surface area contributed by atoms with Gasteiger partial charge in [0.2, 0.25) is 0 Å². The molecule has 13 aromatic carbocycles. The van der Waals surface area contributed by atoms with E-state index in [0.29, 0.717) is 33.9 Å². The first-order chi connectivity index (χ1) is 47.7. The third-order valence-corrected chi connectivity index (χ3v) is 18.0. The molecule has 0 bridgehead atoms. The summed E-state index contributed by atoms with van der Waals surface area (Å²) in [6, 6.07) is 93.5. The predicted octanol–water partition coefficient (Wildman–Crippen LogP) is 19.9. The van der Waals surface area contributed by atoms with E-state index in [2.05, 4.69) is 189 Å². The van der Waals surface area contributed by atoms with Crippen LogP contribution >= 0.6 is 0 Å². The molecule has 0 aliphatic carbocycles. The molecule has 0 fully saturated rings. The average Bonchev–Trinajstić information content (AvgIpc) is 0.903. The van der Waals surface area contributed by atoms with E-state index in [9.17, 15) is 0 Å². The zero-order chi connectivity index (χ0) is 68.0. The molecule has 0 unspecified atom stereocenters. The van der Waals surface area contributed by atoms with Gasteiger partial charge in [0.15, 0.2) is 0 Å². The van der Waals surface area contributed by atoms with Gasteiger partial charge in [-0.25, -0.2) is 0 Å². The minimum absolute atomic E-state index is 0.0847. The van der Waals surface area contributed by atoms with Crippen molar-refractivity contribution in [3.05, 3.63) is 307 Å². The molecule has 2 aromatic heterocycles. The highest BCUT2D eigenvalue weighted by atomic mass is 15.2. The van der Waals surface area contributed by atoms with E-state index in [4.69, 9.17) is 16.4 Å². The lowest BCUT2D eigenvalue weighted by molar-refractivity contribution is 1.17. The molecule has 15 aromatic rings. The van der Waals surface area contributed by atoms with Gasteiger partial charge in [0.1, 0.15) is 0 Å². The van der Waals surface area contributed by atoms with Crippen LogP contribution in [0.3, 0.4) is 0 Å². The van der Waals surface area contributed by atoms with Crippen LogP contribution < -0.4 is 26.2 Å². The smallest absolute Gasteiger partial charge is 0.252 e. The first-order valence-electron chi connectivity index (χ1n) is 35.4. The van der Waals surface area contributed by atoms with Gasteiger partial charge >= 0.3 is 0 Å². The van der Waals surface area contributed by atoms with Gasteiger partial charge in [0.25, 0.3) is 6.71 Å². The summed E-state index contributed by atoms with van der Waals surface area (Å²) in [6.45, 7) is -11.6. The van der Waals surface area contributed by atoms with Gasteiger partial charge < -0.3 is 18.9 Å². The first kappa shape index (κ1) is 39.6. The van der Waals surface area contributed by atoms with E-state index in [1.54, 1.807) is 24.3 Å². The number of fused-ring (bicyclic) bond motifs is 10. The monoisotopic (exact) mass is 1120 g/mol. The SMILES string of the molecule is [2H]C([2H])([2H])c1cccc(C([2H])([2H])[2H])c1-c1ccccc1N1c2ccc(-n3c4ccccc4c4cccc(-c5ccccc5)c43)cc2B2c3cc(-n4c5ccccc5c5cccc(-c6ccccc6)c54)ccc3N(c3ccccc3-c3c(C([2H])([2H])[2H])cccc3C([2H])([2H])[2H])c3cccc1c32. The molecule has 2 aliphatic rings. The number of aromatic nitrogens is 2. The van der Waals surface area contributed by atoms with Crippen molar-refractivity contribution in [2.24, 2.45) is 0 Å². The quantitative estimate of drug-likeness (QED) is 0.141. The number of hydrogen-bond acceptors (Lipinski definition) is 2. The van der Waals surface area contributed by atoms with Gasteiger partial charge in [-0.1, -0.05) is 212 Å². The molecule has 0 radical (unpaired) electrons. The van der Waals surface area contributed by atoms with Gasteiger partial charge in [-0.2, -0.15) is 0 Å². The van der Waals surface area contributed by atoms with Crippen molar-refractivity contribution < 1.29 is 16.4 Å². The maximum Gasteiger partial charge on any atom is 0.252 e. The van der Waals surface area contributed by atoms with Crippen LogP contribution in [0.1, 0.15) is 38.7 Å². The molecular weight excluding hydrogens is 1050 g/mol. The third kappa shape index (κ3) is 7.65. The van der Waals surface area contributed by atoms with Crippen molar-refractivity contribution in [3.63, 3.8) is 0 Å². The number of benzene rings is 13. The molecule has 4 nitrogen and oxygen atoms in total. The Kier molecular flexibility index (Phi) is 9.05. The lowest BCUT2D eigenvalue weighted by Gasteiger charge is -2.45. The molecule has 0 spiro atoms. The maximum atomic E-state index is 9.00. The molecule has 0 saturated carbocycles. The van der Waals surface area contributed by atoms with Gasteiger partial charge in [0, 0.05) is 94.4 Å². The van der Waals surface area contributed by atoms with E-state index in [0.717, 1.165) is 105 Å². The number of aryl methyl sites for hydroxylation is 4. The van der Waals surface area contributed by atoms with E-state index in [1.807, 2.05) is 54.6 Å². The highest BCUT2D eigenvalue weighted by molar-refractivity contribution is 7.00. The zero-order valence-corrected chi connectivity index (χ0v) is 47.0. The summed E-state index contributed by atoms with van der Waals surface area (Å²) in [4.78, 5) is 4.28. The third-order valence-electron chi connectivity index (χ3n) is 18.0. The van der Waals surface area contributed by atoms with Crippen LogP contribution in [0, 0.1) is 27.4 Å². The number of nitrogens with zero attached hydrogens (tertiary/aromatic N) is 4. The lowest BCUT2D eigenvalue weighted by Crippen LogP contribution is -2.61. The number of rotatable bonds is 8. The van der Waals surface area contributed by atoms with Gasteiger partial charge in [-0.15, -0.1) is 0 Å². The van der Waals surface area contributed by atoms with Gasteiger partial charge in [-0.05, 0) is 161 Å². The molecule has 0 amide bonds. The molecule has 5 heteroatoms. The molecule has 4 heterocycles. The largest absolute Gasteiger partial charge is 0.311 e. The van der Waals surface area contributed by atoms with Crippen LogP contribution in [0.15, 0.2) is 285 Å². The molecule has 87 heavy (non-hydrogen) atoms. The second-order valence-electron chi connectivity index (χ2n) is 22.6. The Balaban J connectivity index is 1.03. The van der Waals surface area contributed by atoms with Crippen molar-refractivity contribution in [2.75, 3.05) is 9.80 Å². The van der Waals surface area contributed by atoms with E-state index in [-0.39, 0.29) is 33.4 Å². The maximum absolute atomic E-state index is 9.00. The molecular formula is C82H59BN4. The molecule has 17 rings (SSSR count). The summed E-state index contributed by atoms with van der Waals surface area (Å²) in [5.74, 6) is 0. The Morgan fingerprint density at radius 3 is 1.09 bits per heavy atom. The van der Waals surface area contributed by atoms with E-state index < -0.39 is 34.1 Å². The number of para-hydroxylation sites is 6. The van der Waals surface area contributed by atoms with Crippen molar-refractivity contribution in [3.8, 4) is 55.9 Å². The van der Waals surface area contributed by atoms with E-state index >= 15 is 0 Å². The number of anilines is 6. The second-order valence-corrected chi connectivity index (χ2v) is 22.6. The van der Waals surface area contributed by atoms with Gasteiger partial charge in [0.05, 0.1) is 33.4 Å². The summed E-state index contributed by atoms with van der Waals surface area (Å²) in [6.07, 6.45) is 0. The van der Waals surface area contributed by atoms with Crippen LogP contribution in [-0.4, -0.2) is 15.8 Å². The van der Waals surface area contributed by atoms with Crippen LogP contribution in [0.5, 0.6) is 0 Å². The Morgan fingerprint density at radius 1 is 0.287 bits per heavy atom.